The van der Waals surface area contributed by atoms with Crippen LogP contribution in [0.2, 0.25) is 0 Å². The summed E-state index contributed by atoms with van der Waals surface area (Å²) in [6.07, 6.45) is 1.51. The summed E-state index contributed by atoms with van der Waals surface area (Å²) in [5.74, 6) is -1.38. The van der Waals surface area contributed by atoms with Gasteiger partial charge in [0, 0.05) is 13.8 Å². The molecular formula is C13H15N3O3. The second-order valence-corrected chi connectivity index (χ2v) is 3.79. The molecule has 0 saturated heterocycles. The Balaban J connectivity index is 2.88. The SMILES string of the molecule is CC(=O)NNC(=O)/C(=C/c1ccccc1)NC(C)=O. The molecule has 3 amide bonds. The zero-order chi connectivity index (χ0) is 14.3. The quantitative estimate of drug-likeness (QED) is 0.541. The van der Waals surface area contributed by atoms with Crippen molar-refractivity contribution in [3.8, 4) is 0 Å². The lowest BCUT2D eigenvalue weighted by atomic mass is 10.2. The molecule has 0 unspecified atom stereocenters. The van der Waals surface area contributed by atoms with Crippen molar-refractivity contribution < 1.29 is 14.4 Å². The lowest BCUT2D eigenvalue weighted by Crippen LogP contribution is -2.44. The smallest absolute Gasteiger partial charge is 0.286 e. The fourth-order valence-corrected chi connectivity index (χ4v) is 1.28. The predicted octanol–water partition coefficient (Wildman–Crippen LogP) is 0.331. The van der Waals surface area contributed by atoms with Crippen molar-refractivity contribution in [3.63, 3.8) is 0 Å². The third-order valence-corrected chi connectivity index (χ3v) is 2.02. The molecule has 0 aliphatic heterocycles. The summed E-state index contributed by atoms with van der Waals surface area (Å²) < 4.78 is 0. The van der Waals surface area contributed by atoms with Crippen LogP contribution in [-0.2, 0) is 14.4 Å². The van der Waals surface area contributed by atoms with Gasteiger partial charge >= 0.3 is 0 Å². The van der Waals surface area contributed by atoms with Crippen LogP contribution in [0, 0.1) is 0 Å². The van der Waals surface area contributed by atoms with Crippen molar-refractivity contribution in [3.05, 3.63) is 41.6 Å². The van der Waals surface area contributed by atoms with E-state index in [-0.39, 0.29) is 11.6 Å². The van der Waals surface area contributed by atoms with Crippen LogP contribution in [0.25, 0.3) is 6.08 Å². The van der Waals surface area contributed by atoms with E-state index < -0.39 is 11.8 Å². The third-order valence-electron chi connectivity index (χ3n) is 2.02. The van der Waals surface area contributed by atoms with Gasteiger partial charge < -0.3 is 5.32 Å². The second-order valence-electron chi connectivity index (χ2n) is 3.79. The van der Waals surface area contributed by atoms with Gasteiger partial charge in [0.1, 0.15) is 5.70 Å². The van der Waals surface area contributed by atoms with Crippen molar-refractivity contribution in [1.29, 1.82) is 0 Å². The standard InChI is InChI=1S/C13H15N3O3/c1-9(17)14-12(13(19)16-15-10(2)18)8-11-6-4-3-5-7-11/h3-8H,1-2H3,(H,14,17)(H,15,18)(H,16,19)/b12-8-. The Kier molecular flexibility index (Phi) is 5.28. The average Bonchev–Trinajstić information content (AvgIpc) is 2.36. The fourth-order valence-electron chi connectivity index (χ4n) is 1.28. The molecule has 100 valence electrons. The minimum atomic E-state index is -0.603. The van der Waals surface area contributed by atoms with Crippen molar-refractivity contribution in [2.24, 2.45) is 0 Å². The number of hydrazine groups is 1. The van der Waals surface area contributed by atoms with Gasteiger partial charge in [-0.15, -0.1) is 0 Å². The van der Waals surface area contributed by atoms with Crippen molar-refractivity contribution >= 4 is 23.8 Å². The molecule has 1 aromatic carbocycles. The normalized spacial score (nSPS) is 10.5. The van der Waals surface area contributed by atoms with Gasteiger partial charge in [-0.1, -0.05) is 30.3 Å². The Morgan fingerprint density at radius 3 is 2.11 bits per heavy atom. The molecule has 0 bridgehead atoms. The van der Waals surface area contributed by atoms with Crippen LogP contribution in [0.5, 0.6) is 0 Å². The Morgan fingerprint density at radius 2 is 1.58 bits per heavy atom. The van der Waals surface area contributed by atoms with Crippen molar-refractivity contribution in [2.45, 2.75) is 13.8 Å². The van der Waals surface area contributed by atoms with Crippen molar-refractivity contribution in [1.82, 2.24) is 16.2 Å². The first kappa shape index (κ1) is 14.4. The number of hydrogen-bond acceptors (Lipinski definition) is 3. The van der Waals surface area contributed by atoms with Gasteiger partial charge in [0.25, 0.3) is 5.91 Å². The number of benzene rings is 1. The van der Waals surface area contributed by atoms with E-state index in [2.05, 4.69) is 16.2 Å². The highest BCUT2D eigenvalue weighted by Gasteiger charge is 2.11. The number of rotatable bonds is 3. The molecule has 3 N–H and O–H groups in total. The van der Waals surface area contributed by atoms with E-state index in [4.69, 9.17) is 0 Å². The first-order valence-corrected chi connectivity index (χ1v) is 5.60. The maximum atomic E-state index is 11.8. The summed E-state index contributed by atoms with van der Waals surface area (Å²) in [5, 5.41) is 2.41. The molecule has 6 nitrogen and oxygen atoms in total. The molecule has 0 atom stereocenters. The van der Waals surface area contributed by atoms with Crippen molar-refractivity contribution in [2.75, 3.05) is 0 Å². The maximum Gasteiger partial charge on any atom is 0.286 e. The van der Waals surface area contributed by atoms with Crippen LogP contribution in [0.4, 0.5) is 0 Å². The molecule has 0 aliphatic rings. The third kappa shape index (κ3) is 5.49. The van der Waals surface area contributed by atoms with E-state index in [9.17, 15) is 14.4 Å². The number of carbonyl (C=O) groups is 3. The summed E-state index contributed by atoms with van der Waals surface area (Å²) in [5.41, 5.74) is 5.14. The molecular weight excluding hydrogens is 246 g/mol. The highest BCUT2D eigenvalue weighted by atomic mass is 16.2. The van der Waals surface area contributed by atoms with E-state index in [1.807, 2.05) is 18.2 Å². The molecule has 0 radical (unpaired) electrons. The van der Waals surface area contributed by atoms with Gasteiger partial charge in [-0.05, 0) is 11.6 Å². The van der Waals surface area contributed by atoms with Gasteiger partial charge in [-0.25, -0.2) is 0 Å². The summed E-state index contributed by atoms with van der Waals surface area (Å²) in [4.78, 5) is 33.6. The van der Waals surface area contributed by atoms with E-state index in [1.165, 1.54) is 19.9 Å². The maximum absolute atomic E-state index is 11.8. The van der Waals surface area contributed by atoms with Gasteiger partial charge in [0.2, 0.25) is 11.8 Å². The Bertz CT molecular complexity index is 509. The minimum Gasteiger partial charge on any atom is -0.322 e. The molecule has 0 fully saturated rings. The number of amides is 3. The highest BCUT2D eigenvalue weighted by Crippen LogP contribution is 2.04. The number of carbonyl (C=O) groups excluding carboxylic acids is 3. The largest absolute Gasteiger partial charge is 0.322 e. The molecule has 19 heavy (non-hydrogen) atoms. The Labute approximate surface area is 110 Å². The van der Waals surface area contributed by atoms with Gasteiger partial charge in [0.05, 0.1) is 0 Å². The molecule has 1 rings (SSSR count). The van der Waals surface area contributed by atoms with Crippen LogP contribution in [-0.4, -0.2) is 17.7 Å². The van der Waals surface area contributed by atoms with Crippen LogP contribution in [0.15, 0.2) is 36.0 Å². The molecule has 0 aromatic heterocycles. The van der Waals surface area contributed by atoms with Gasteiger partial charge in [-0.2, -0.15) is 0 Å². The first-order valence-electron chi connectivity index (χ1n) is 5.60. The topological polar surface area (TPSA) is 87.3 Å². The summed E-state index contributed by atoms with van der Waals surface area (Å²) in [7, 11) is 0. The zero-order valence-electron chi connectivity index (χ0n) is 10.7. The monoisotopic (exact) mass is 261 g/mol. The van der Waals surface area contributed by atoms with Crippen LogP contribution in [0.1, 0.15) is 19.4 Å². The number of nitrogens with one attached hydrogen (secondary N) is 3. The zero-order valence-corrected chi connectivity index (χ0v) is 10.7. The minimum absolute atomic E-state index is 0.0486. The molecule has 1 aromatic rings. The second kappa shape index (κ2) is 6.95. The van der Waals surface area contributed by atoms with E-state index >= 15 is 0 Å². The predicted molar refractivity (Wildman–Crippen MR) is 70.2 cm³/mol. The summed E-state index contributed by atoms with van der Waals surface area (Å²) in [6, 6.07) is 9.03. The summed E-state index contributed by atoms with van der Waals surface area (Å²) >= 11 is 0. The number of hydrogen-bond donors (Lipinski definition) is 3. The van der Waals surface area contributed by atoms with E-state index in [1.54, 1.807) is 12.1 Å². The van der Waals surface area contributed by atoms with Crippen LogP contribution in [0.3, 0.4) is 0 Å². The van der Waals surface area contributed by atoms with E-state index in [0.717, 1.165) is 5.56 Å². The van der Waals surface area contributed by atoms with Crippen LogP contribution >= 0.6 is 0 Å². The molecule has 0 spiro atoms. The molecule has 6 heteroatoms. The average molecular weight is 261 g/mol. The van der Waals surface area contributed by atoms with Gasteiger partial charge in [0.15, 0.2) is 0 Å². The Hall–Kier alpha value is -2.63. The lowest BCUT2D eigenvalue weighted by Gasteiger charge is -2.09. The first-order chi connectivity index (χ1) is 8.99. The molecule has 0 aliphatic carbocycles. The fraction of sp³-hybridized carbons (Fsp3) is 0.154. The Morgan fingerprint density at radius 1 is 0.947 bits per heavy atom. The lowest BCUT2D eigenvalue weighted by molar-refractivity contribution is -0.126. The van der Waals surface area contributed by atoms with Crippen LogP contribution < -0.4 is 16.2 Å². The molecule has 0 saturated carbocycles. The van der Waals surface area contributed by atoms with Gasteiger partial charge in [-0.3, -0.25) is 25.2 Å². The summed E-state index contributed by atoms with van der Waals surface area (Å²) in [6.45, 7) is 2.56. The molecule has 0 heterocycles. The highest BCUT2D eigenvalue weighted by molar-refractivity contribution is 6.01. The van der Waals surface area contributed by atoms with E-state index in [0.29, 0.717) is 0 Å².